The van der Waals surface area contributed by atoms with Gasteiger partial charge in [-0.05, 0) is 52.9 Å². The van der Waals surface area contributed by atoms with E-state index < -0.39 is 53.1 Å². The summed E-state index contributed by atoms with van der Waals surface area (Å²) >= 11 is 0. The lowest BCUT2D eigenvalue weighted by atomic mass is 9.70. The molecule has 0 aromatic rings. The van der Waals surface area contributed by atoms with Crippen LogP contribution in [0.3, 0.4) is 0 Å². The Labute approximate surface area is 248 Å². The summed E-state index contributed by atoms with van der Waals surface area (Å²) in [6, 6.07) is 0. The molecule has 0 bridgehead atoms. The first-order valence-corrected chi connectivity index (χ1v) is 15.4. The van der Waals surface area contributed by atoms with Crippen molar-refractivity contribution in [3.05, 3.63) is 0 Å². The summed E-state index contributed by atoms with van der Waals surface area (Å²) in [5.41, 5.74) is -1.67. The highest BCUT2D eigenvalue weighted by Gasteiger charge is 2.48. The summed E-state index contributed by atoms with van der Waals surface area (Å²) in [5.74, 6) is -1.66. The second kappa shape index (κ2) is 14.0. The Bertz CT molecular complexity index is 891. The van der Waals surface area contributed by atoms with Crippen molar-refractivity contribution in [1.29, 1.82) is 0 Å². The molecule has 41 heavy (non-hydrogen) atoms. The maximum absolute atomic E-state index is 13.8. The highest BCUT2D eigenvalue weighted by Crippen LogP contribution is 2.41. The lowest BCUT2D eigenvalue weighted by molar-refractivity contribution is -0.282. The summed E-state index contributed by atoms with van der Waals surface area (Å²) in [6.07, 6.45) is -0.880. The van der Waals surface area contributed by atoms with Crippen LogP contribution in [0.4, 0.5) is 0 Å². The van der Waals surface area contributed by atoms with Crippen LogP contribution in [0, 0.1) is 35.0 Å². The van der Waals surface area contributed by atoms with Crippen LogP contribution in [-0.4, -0.2) is 78.0 Å². The minimum Gasteiger partial charge on any atom is -0.461 e. The van der Waals surface area contributed by atoms with E-state index in [0.717, 1.165) is 0 Å². The largest absolute Gasteiger partial charge is 0.461 e. The fourth-order valence-electron chi connectivity index (χ4n) is 7.21. The molecule has 2 N–H and O–H groups in total. The molecule has 0 aromatic carbocycles. The molecule has 2 heterocycles. The van der Waals surface area contributed by atoms with E-state index in [4.69, 9.17) is 23.8 Å². The molecule has 9 nitrogen and oxygen atoms in total. The van der Waals surface area contributed by atoms with Gasteiger partial charge in [-0.25, -0.2) is 0 Å². The zero-order valence-electron chi connectivity index (χ0n) is 27.9. The number of cyclic esters (lactones) is 1. The number of nitrogens with zero attached hydrogens (tertiary/aromatic N) is 1. The first-order valence-electron chi connectivity index (χ1n) is 15.4. The number of rotatable bonds is 5. The third-order valence-electron chi connectivity index (χ3n) is 10.2. The normalized spacial score (nSPS) is 46.0. The van der Waals surface area contributed by atoms with Gasteiger partial charge >= 0.3 is 5.97 Å². The van der Waals surface area contributed by atoms with Crippen LogP contribution >= 0.6 is 0 Å². The molecule has 12 atom stereocenters. The zero-order chi connectivity index (χ0) is 31.5. The van der Waals surface area contributed by atoms with Crippen molar-refractivity contribution in [1.82, 2.24) is 0 Å². The Morgan fingerprint density at radius 3 is 2.12 bits per heavy atom. The zero-order valence-corrected chi connectivity index (χ0v) is 27.9. The van der Waals surface area contributed by atoms with Crippen molar-refractivity contribution in [2.24, 2.45) is 40.2 Å². The molecule has 0 spiro atoms. The fraction of sp³-hybridized carbons (Fsp3) is 0.938. The summed E-state index contributed by atoms with van der Waals surface area (Å²) in [5, 5.41) is 27.5. The molecule has 0 radical (unpaired) electrons. The van der Waals surface area contributed by atoms with E-state index in [-0.39, 0.29) is 29.8 Å². The molecular weight excluding hydrogens is 526 g/mol. The number of methoxy groups -OCH3 is 1. The molecule has 0 aliphatic carbocycles. The van der Waals surface area contributed by atoms with E-state index in [1.165, 1.54) is 7.11 Å². The predicted octanol–water partition coefficient (Wildman–Crippen LogP) is 5.35. The number of esters is 1. The highest BCUT2D eigenvalue weighted by molar-refractivity contribution is 5.88. The average molecular weight is 586 g/mol. The number of hydrogen-bond donors (Lipinski definition) is 2. The third kappa shape index (κ3) is 8.22. The average Bonchev–Trinajstić information content (AvgIpc) is 2.89. The van der Waals surface area contributed by atoms with Gasteiger partial charge in [0.2, 0.25) is 0 Å². The second-order valence-corrected chi connectivity index (χ2v) is 14.0. The Morgan fingerprint density at radius 1 is 0.976 bits per heavy atom. The van der Waals surface area contributed by atoms with Crippen LogP contribution in [0.15, 0.2) is 5.16 Å². The number of ether oxygens (including phenoxy) is 4. The second-order valence-electron chi connectivity index (χ2n) is 14.0. The van der Waals surface area contributed by atoms with Crippen molar-refractivity contribution in [2.75, 3.05) is 14.2 Å². The van der Waals surface area contributed by atoms with Crippen LogP contribution in [0.1, 0.15) is 102 Å². The molecule has 0 saturated carbocycles. The van der Waals surface area contributed by atoms with Gasteiger partial charge in [-0.3, -0.25) is 4.79 Å². The summed E-state index contributed by atoms with van der Waals surface area (Å²) in [7, 11) is 3.19. The summed E-state index contributed by atoms with van der Waals surface area (Å²) in [6.45, 7) is 21.5. The van der Waals surface area contributed by atoms with Crippen molar-refractivity contribution in [3.8, 4) is 0 Å². The van der Waals surface area contributed by atoms with E-state index in [2.05, 4.69) is 19.0 Å². The van der Waals surface area contributed by atoms with E-state index in [1.54, 1.807) is 14.0 Å². The first-order chi connectivity index (χ1) is 18.8. The minimum atomic E-state index is -1.11. The Hall–Kier alpha value is -1.26. The van der Waals surface area contributed by atoms with Gasteiger partial charge in [0, 0.05) is 36.7 Å². The number of carbonyl (C=O) groups is 1. The quantitative estimate of drug-likeness (QED) is 0.328. The van der Waals surface area contributed by atoms with Crippen molar-refractivity contribution >= 4 is 11.7 Å². The Balaban J connectivity index is 2.53. The number of oxime groups is 1. The Morgan fingerprint density at radius 2 is 1.59 bits per heavy atom. The first kappa shape index (κ1) is 35.9. The molecule has 2 rings (SSSR count). The van der Waals surface area contributed by atoms with Gasteiger partial charge in [-0.2, -0.15) is 0 Å². The van der Waals surface area contributed by atoms with Gasteiger partial charge in [0.05, 0.1) is 41.1 Å². The molecule has 240 valence electrons. The Kier molecular flexibility index (Phi) is 12.3. The number of carbonyl (C=O) groups excluding carboxylic acids is 1. The number of aliphatic hydroxyl groups is 2. The van der Waals surface area contributed by atoms with Crippen LogP contribution in [-0.2, 0) is 28.6 Å². The maximum atomic E-state index is 13.8. The van der Waals surface area contributed by atoms with Crippen molar-refractivity contribution in [3.63, 3.8) is 0 Å². The van der Waals surface area contributed by atoms with Crippen LogP contribution in [0.5, 0.6) is 0 Å². The standard InChI is InChI=1S/C32H59NO8/c1-14-24-30(8,9)28(34)20(4)26(33-38-13)18(2)15-31(10,36)16-19(3)27(21(5)29(35)40-24)41-25-17-32(11,37-12)22(6)23(7)39-25/h18-25,27-28,34,36H,14-17H2,1-13H3/b33-26+/t18-,19-,20?,21-,22+,23?,24-,25+,27+,28?,31-,32-/m1/s1. The molecular formula is C32H59NO8. The molecule has 0 aromatic heterocycles. The molecule has 0 amide bonds. The fourth-order valence-corrected chi connectivity index (χ4v) is 7.21. The van der Waals surface area contributed by atoms with Gasteiger partial charge in [0.15, 0.2) is 6.29 Å². The van der Waals surface area contributed by atoms with Crippen LogP contribution < -0.4 is 0 Å². The smallest absolute Gasteiger partial charge is 0.311 e. The molecule has 2 aliphatic heterocycles. The summed E-state index contributed by atoms with van der Waals surface area (Å²) in [4.78, 5) is 18.9. The third-order valence-corrected chi connectivity index (χ3v) is 10.2. The monoisotopic (exact) mass is 585 g/mol. The van der Waals surface area contributed by atoms with Crippen LogP contribution in [0.25, 0.3) is 0 Å². The highest BCUT2D eigenvalue weighted by atomic mass is 16.7. The van der Waals surface area contributed by atoms with Crippen molar-refractivity contribution < 1.29 is 38.8 Å². The van der Waals surface area contributed by atoms with E-state index in [9.17, 15) is 15.0 Å². The van der Waals surface area contributed by atoms with E-state index in [1.807, 2.05) is 55.4 Å². The van der Waals surface area contributed by atoms with Gasteiger partial charge < -0.3 is 34.0 Å². The molecule has 2 aliphatic rings. The topological polar surface area (TPSA) is 116 Å². The number of hydrogen-bond acceptors (Lipinski definition) is 9. The maximum Gasteiger partial charge on any atom is 0.311 e. The van der Waals surface area contributed by atoms with Gasteiger partial charge in [-0.15, -0.1) is 0 Å². The lowest BCUT2D eigenvalue weighted by Crippen LogP contribution is -2.53. The van der Waals surface area contributed by atoms with E-state index in [0.29, 0.717) is 31.4 Å². The SMILES string of the molecule is CC[C@H]1OC(=O)[C@H](C)[C@@H](O[C@H]2C[C@@](C)(OC)[C@@H](C)C(C)O2)[C@H](C)C[C@](C)(O)C[C@@H](C)/C(=N\OC)C(C)C(O)C1(C)C. The van der Waals surface area contributed by atoms with E-state index >= 15 is 0 Å². The van der Waals surface area contributed by atoms with Gasteiger partial charge in [0.1, 0.15) is 13.2 Å². The minimum absolute atomic E-state index is 0.106. The van der Waals surface area contributed by atoms with Gasteiger partial charge in [-0.1, -0.05) is 53.6 Å². The molecule has 2 saturated heterocycles. The molecule has 2 fully saturated rings. The predicted molar refractivity (Wildman–Crippen MR) is 159 cm³/mol. The van der Waals surface area contributed by atoms with Crippen LogP contribution in [0.2, 0.25) is 0 Å². The van der Waals surface area contributed by atoms with Crippen molar-refractivity contribution in [2.45, 2.75) is 144 Å². The van der Waals surface area contributed by atoms with Gasteiger partial charge in [0.25, 0.3) is 0 Å². The number of aliphatic hydroxyl groups excluding tert-OH is 1. The molecule has 3 unspecified atom stereocenters. The lowest BCUT2D eigenvalue weighted by Gasteiger charge is -2.47. The summed E-state index contributed by atoms with van der Waals surface area (Å²) < 4.78 is 25.0. The molecule has 9 heteroatoms.